The van der Waals surface area contributed by atoms with Crippen molar-refractivity contribution in [2.45, 2.75) is 12.8 Å². The largest absolute Gasteiger partial charge is 0.467 e. The maximum Gasteiger partial charge on any atom is 0.319 e. The molecule has 2 heterocycles. The number of aryl methyl sites for hydroxylation is 1. The Bertz CT molecular complexity index is 705. The lowest BCUT2D eigenvalue weighted by molar-refractivity contribution is -0.116. The van der Waals surface area contributed by atoms with E-state index in [0.717, 1.165) is 0 Å². The van der Waals surface area contributed by atoms with Crippen LogP contribution in [0.1, 0.15) is 23.1 Å². The zero-order valence-corrected chi connectivity index (χ0v) is 10.8. The van der Waals surface area contributed by atoms with Gasteiger partial charge in [-0.05, 0) is 18.6 Å². The molecular weight excluding hydrogens is 263 g/mol. The number of carbonyl (C=O) groups excluding carboxylic acids is 1. The van der Waals surface area contributed by atoms with Crippen LogP contribution in [0.5, 0.6) is 6.01 Å². The van der Waals surface area contributed by atoms with Gasteiger partial charge in [0.1, 0.15) is 17.6 Å². The zero-order chi connectivity index (χ0) is 14.3. The summed E-state index contributed by atoms with van der Waals surface area (Å²) in [6.45, 7) is 1.67. The molecule has 0 radical (unpaired) electrons. The Morgan fingerprint density at radius 1 is 1.30 bits per heavy atom. The maximum atomic E-state index is 13.7. The summed E-state index contributed by atoms with van der Waals surface area (Å²) in [6, 6.07) is 4.64. The molecule has 1 aromatic heterocycles. The van der Waals surface area contributed by atoms with Crippen molar-refractivity contribution in [3.8, 4) is 6.01 Å². The van der Waals surface area contributed by atoms with Crippen LogP contribution in [0.4, 0.5) is 10.1 Å². The summed E-state index contributed by atoms with van der Waals surface area (Å²) in [4.78, 5) is 24.3. The lowest BCUT2D eigenvalue weighted by atomic mass is 10.00. The van der Waals surface area contributed by atoms with Gasteiger partial charge in [0.15, 0.2) is 5.82 Å². The van der Waals surface area contributed by atoms with Crippen LogP contribution in [-0.4, -0.2) is 28.0 Å². The van der Waals surface area contributed by atoms with E-state index < -0.39 is 11.7 Å². The van der Waals surface area contributed by atoms with Crippen LogP contribution < -0.4 is 10.1 Å². The molecule has 1 atom stereocenters. The first-order valence-corrected chi connectivity index (χ1v) is 5.96. The van der Waals surface area contributed by atoms with Gasteiger partial charge in [0.2, 0.25) is 5.91 Å². The lowest BCUT2D eigenvalue weighted by Crippen LogP contribution is -2.17. The van der Waals surface area contributed by atoms with Gasteiger partial charge in [-0.2, -0.15) is 9.97 Å². The summed E-state index contributed by atoms with van der Waals surface area (Å²) < 4.78 is 18.7. The Hall–Kier alpha value is -2.57. The molecule has 6 nitrogen and oxygen atoms in total. The molecule has 1 N–H and O–H groups in total. The van der Waals surface area contributed by atoms with E-state index in [0.29, 0.717) is 11.4 Å². The van der Waals surface area contributed by atoms with Gasteiger partial charge in [-0.1, -0.05) is 12.1 Å². The smallest absolute Gasteiger partial charge is 0.319 e. The van der Waals surface area contributed by atoms with Gasteiger partial charge in [-0.15, -0.1) is 0 Å². The number of methoxy groups -OCH3 is 1. The van der Waals surface area contributed by atoms with Gasteiger partial charge in [0.05, 0.1) is 12.8 Å². The topological polar surface area (TPSA) is 77.0 Å². The number of para-hydroxylation sites is 1. The van der Waals surface area contributed by atoms with Crippen LogP contribution in [0.3, 0.4) is 0 Å². The molecule has 0 saturated carbocycles. The minimum Gasteiger partial charge on any atom is -0.467 e. The first-order valence-electron chi connectivity index (χ1n) is 5.96. The second-order valence-corrected chi connectivity index (χ2v) is 4.35. The number of nitrogens with one attached hydrogen (secondary N) is 1. The molecule has 1 aliphatic heterocycles. The van der Waals surface area contributed by atoms with Crippen molar-refractivity contribution < 1.29 is 13.9 Å². The van der Waals surface area contributed by atoms with Crippen molar-refractivity contribution in [3.63, 3.8) is 0 Å². The molecule has 7 heteroatoms. The summed E-state index contributed by atoms with van der Waals surface area (Å²) >= 11 is 0. The highest BCUT2D eigenvalue weighted by atomic mass is 19.1. The number of nitrogens with zero attached hydrogens (tertiary/aromatic N) is 3. The Morgan fingerprint density at radius 2 is 2.10 bits per heavy atom. The number of halogens is 1. The van der Waals surface area contributed by atoms with Crippen molar-refractivity contribution in [1.82, 2.24) is 15.0 Å². The molecule has 1 amide bonds. The van der Waals surface area contributed by atoms with Gasteiger partial charge < -0.3 is 10.1 Å². The van der Waals surface area contributed by atoms with Crippen LogP contribution in [0, 0.1) is 12.7 Å². The molecule has 0 bridgehead atoms. The highest BCUT2D eigenvalue weighted by molar-refractivity contribution is 6.04. The molecule has 0 saturated heterocycles. The molecule has 20 heavy (non-hydrogen) atoms. The highest BCUT2D eigenvalue weighted by Crippen LogP contribution is 2.37. The third-order valence-electron chi connectivity index (χ3n) is 3.05. The molecule has 2 aromatic rings. The van der Waals surface area contributed by atoms with E-state index >= 15 is 0 Å². The van der Waals surface area contributed by atoms with E-state index in [-0.39, 0.29) is 23.4 Å². The van der Waals surface area contributed by atoms with Crippen molar-refractivity contribution in [1.29, 1.82) is 0 Å². The number of amides is 1. The predicted octanol–water partition coefficient (Wildman–Crippen LogP) is 1.41. The lowest BCUT2D eigenvalue weighted by Gasteiger charge is -2.09. The summed E-state index contributed by atoms with van der Waals surface area (Å²) in [5.74, 6) is -0.911. The van der Waals surface area contributed by atoms with Crippen molar-refractivity contribution >= 4 is 11.6 Å². The summed E-state index contributed by atoms with van der Waals surface area (Å²) in [6.07, 6.45) is 0. The number of aromatic nitrogens is 3. The molecule has 1 aromatic carbocycles. The van der Waals surface area contributed by atoms with Crippen molar-refractivity contribution in [2.75, 3.05) is 12.4 Å². The van der Waals surface area contributed by atoms with E-state index in [1.165, 1.54) is 13.2 Å². The van der Waals surface area contributed by atoms with Gasteiger partial charge >= 0.3 is 6.01 Å². The number of rotatable bonds is 2. The van der Waals surface area contributed by atoms with E-state index in [4.69, 9.17) is 4.74 Å². The molecule has 0 spiro atoms. The number of ether oxygens (including phenoxy) is 1. The fourth-order valence-electron chi connectivity index (χ4n) is 2.20. The fourth-order valence-corrected chi connectivity index (χ4v) is 2.20. The Balaban J connectivity index is 2.14. The summed E-state index contributed by atoms with van der Waals surface area (Å²) in [7, 11) is 1.43. The minimum absolute atomic E-state index is 0.130. The standard InChI is InChI=1S/C13H11FN4O2/c1-6-15-11(18-13(16-6)20-2)9-7-4-3-5-8(14)10(7)17-12(9)19/h3-5,9H,1-2H3,(H,17,19). The molecule has 0 aliphatic carbocycles. The Morgan fingerprint density at radius 3 is 2.85 bits per heavy atom. The number of benzene rings is 1. The van der Waals surface area contributed by atoms with E-state index in [1.54, 1.807) is 19.1 Å². The van der Waals surface area contributed by atoms with E-state index in [1.807, 2.05) is 0 Å². The maximum absolute atomic E-state index is 13.7. The van der Waals surface area contributed by atoms with Gasteiger partial charge in [-0.3, -0.25) is 4.79 Å². The van der Waals surface area contributed by atoms with Crippen LogP contribution in [0.15, 0.2) is 18.2 Å². The second-order valence-electron chi connectivity index (χ2n) is 4.35. The molecule has 0 fully saturated rings. The number of anilines is 1. The quantitative estimate of drug-likeness (QED) is 0.896. The van der Waals surface area contributed by atoms with E-state index in [9.17, 15) is 9.18 Å². The average molecular weight is 274 g/mol. The van der Waals surface area contributed by atoms with Crippen LogP contribution >= 0.6 is 0 Å². The third-order valence-corrected chi connectivity index (χ3v) is 3.05. The highest BCUT2D eigenvalue weighted by Gasteiger charge is 2.36. The van der Waals surface area contributed by atoms with Crippen molar-refractivity contribution in [3.05, 3.63) is 41.2 Å². The summed E-state index contributed by atoms with van der Waals surface area (Å²) in [5.41, 5.74) is 0.696. The molecule has 102 valence electrons. The number of carbonyl (C=O) groups is 1. The molecule has 1 aliphatic rings. The minimum atomic E-state index is -0.753. The first-order chi connectivity index (χ1) is 9.60. The first kappa shape index (κ1) is 12.5. The van der Waals surface area contributed by atoms with Crippen LogP contribution in [0.2, 0.25) is 0 Å². The number of hydrogen-bond donors (Lipinski definition) is 1. The monoisotopic (exact) mass is 274 g/mol. The Labute approximate surface area is 114 Å². The fraction of sp³-hybridized carbons (Fsp3) is 0.231. The Kier molecular flexibility index (Phi) is 2.81. The molecule has 1 unspecified atom stereocenters. The number of fused-ring (bicyclic) bond motifs is 1. The SMILES string of the molecule is COc1nc(C)nc(C2C(=O)Nc3c(F)cccc32)n1. The third kappa shape index (κ3) is 1.87. The summed E-state index contributed by atoms with van der Waals surface area (Å²) in [5, 5.41) is 2.52. The van der Waals surface area contributed by atoms with Gasteiger partial charge in [0.25, 0.3) is 0 Å². The average Bonchev–Trinajstić information content (AvgIpc) is 2.76. The molecule has 3 rings (SSSR count). The van der Waals surface area contributed by atoms with Crippen molar-refractivity contribution in [2.24, 2.45) is 0 Å². The zero-order valence-electron chi connectivity index (χ0n) is 10.8. The van der Waals surface area contributed by atoms with Gasteiger partial charge in [0, 0.05) is 0 Å². The van der Waals surface area contributed by atoms with Gasteiger partial charge in [-0.25, -0.2) is 9.37 Å². The van der Waals surface area contributed by atoms with Crippen LogP contribution in [0.25, 0.3) is 0 Å². The van der Waals surface area contributed by atoms with E-state index in [2.05, 4.69) is 20.3 Å². The molecular formula is C13H11FN4O2. The predicted molar refractivity (Wildman–Crippen MR) is 68.0 cm³/mol. The second kappa shape index (κ2) is 4.52. The van der Waals surface area contributed by atoms with Crippen LogP contribution in [-0.2, 0) is 4.79 Å². The normalized spacial score (nSPS) is 16.8. The number of hydrogen-bond acceptors (Lipinski definition) is 5.